The van der Waals surface area contributed by atoms with E-state index in [1.54, 1.807) is 6.92 Å². The van der Waals surface area contributed by atoms with E-state index in [2.05, 4.69) is 10.6 Å². The van der Waals surface area contributed by atoms with E-state index in [1.165, 1.54) is 31.4 Å². The zero-order valence-corrected chi connectivity index (χ0v) is 14.1. The first kappa shape index (κ1) is 19.3. The van der Waals surface area contributed by atoms with Gasteiger partial charge in [-0.05, 0) is 25.1 Å². The number of carbonyl (C=O) groups is 1. The van der Waals surface area contributed by atoms with Gasteiger partial charge in [-0.15, -0.1) is 0 Å². The Labute approximate surface area is 148 Å². The molecule has 0 aliphatic heterocycles. The fourth-order valence-electron chi connectivity index (χ4n) is 2.30. The van der Waals surface area contributed by atoms with Crippen molar-refractivity contribution >= 4 is 17.3 Å². The largest absolute Gasteiger partial charge is 0.496 e. The van der Waals surface area contributed by atoms with Crippen LogP contribution in [-0.2, 0) is 4.79 Å². The Kier molecular flexibility index (Phi) is 6.18. The Bertz CT molecular complexity index is 830. The third-order valence-electron chi connectivity index (χ3n) is 3.67. The van der Waals surface area contributed by atoms with Gasteiger partial charge >= 0.3 is 0 Å². The first-order chi connectivity index (χ1) is 12.3. The van der Waals surface area contributed by atoms with Gasteiger partial charge in [0.25, 0.3) is 5.69 Å². The smallest absolute Gasteiger partial charge is 0.296 e. The van der Waals surface area contributed by atoms with E-state index in [-0.39, 0.29) is 29.2 Å². The van der Waals surface area contributed by atoms with Crippen LogP contribution in [0.15, 0.2) is 36.4 Å². The van der Waals surface area contributed by atoms with Gasteiger partial charge in [0, 0.05) is 17.7 Å². The molecule has 26 heavy (non-hydrogen) atoms. The van der Waals surface area contributed by atoms with E-state index < -0.39 is 28.5 Å². The highest BCUT2D eigenvalue weighted by Gasteiger charge is 2.18. The fraction of sp³-hybridized carbons (Fsp3) is 0.235. The summed E-state index contributed by atoms with van der Waals surface area (Å²) in [6.07, 6.45) is 0. The van der Waals surface area contributed by atoms with Crippen molar-refractivity contribution in [2.45, 2.75) is 13.0 Å². The Hall–Kier alpha value is -3.07. The van der Waals surface area contributed by atoms with E-state index in [9.17, 15) is 23.7 Å². The van der Waals surface area contributed by atoms with Crippen LogP contribution in [0.2, 0.25) is 0 Å². The molecule has 0 bridgehead atoms. The topological polar surface area (TPSA) is 93.5 Å². The minimum absolute atomic E-state index is 0.0169. The molecule has 2 aromatic carbocycles. The maximum atomic E-state index is 13.7. The number of nitrogens with zero attached hydrogens (tertiary/aromatic N) is 1. The second-order valence-corrected chi connectivity index (χ2v) is 5.46. The molecule has 0 unspecified atom stereocenters. The zero-order chi connectivity index (χ0) is 19.3. The van der Waals surface area contributed by atoms with Gasteiger partial charge in [0.05, 0.1) is 24.6 Å². The van der Waals surface area contributed by atoms with Crippen LogP contribution in [-0.4, -0.2) is 24.5 Å². The first-order valence-electron chi connectivity index (χ1n) is 7.62. The molecule has 1 atom stereocenters. The number of rotatable bonds is 7. The first-order valence-corrected chi connectivity index (χ1v) is 7.62. The lowest BCUT2D eigenvalue weighted by Gasteiger charge is -2.15. The van der Waals surface area contributed by atoms with Crippen LogP contribution in [0.3, 0.4) is 0 Å². The Morgan fingerprint density at radius 1 is 1.27 bits per heavy atom. The molecule has 9 heteroatoms. The summed E-state index contributed by atoms with van der Waals surface area (Å²) in [4.78, 5) is 22.5. The number of hydrogen-bond donors (Lipinski definition) is 2. The minimum Gasteiger partial charge on any atom is -0.496 e. The SMILES string of the molecule is COc1ccc(NC(=O)CN[C@H](C)c2ccc(F)cc2F)c([N+](=O)[O-])c1. The van der Waals surface area contributed by atoms with Crippen molar-refractivity contribution in [1.82, 2.24) is 5.32 Å². The second-order valence-electron chi connectivity index (χ2n) is 5.46. The highest BCUT2D eigenvalue weighted by atomic mass is 19.1. The number of methoxy groups -OCH3 is 1. The molecule has 0 aliphatic carbocycles. The van der Waals surface area contributed by atoms with Crippen molar-refractivity contribution in [2.24, 2.45) is 0 Å². The van der Waals surface area contributed by atoms with E-state index in [0.29, 0.717) is 0 Å². The Morgan fingerprint density at radius 3 is 2.62 bits per heavy atom. The molecule has 2 rings (SSSR count). The highest BCUT2D eigenvalue weighted by molar-refractivity contribution is 5.94. The van der Waals surface area contributed by atoms with Gasteiger partial charge in [0.15, 0.2) is 0 Å². The Morgan fingerprint density at radius 2 is 2.00 bits per heavy atom. The average molecular weight is 365 g/mol. The lowest BCUT2D eigenvalue weighted by atomic mass is 10.1. The molecule has 7 nitrogen and oxygen atoms in total. The van der Waals surface area contributed by atoms with Crippen molar-refractivity contribution < 1.29 is 23.2 Å². The number of carbonyl (C=O) groups excluding carboxylic acids is 1. The lowest BCUT2D eigenvalue weighted by molar-refractivity contribution is -0.384. The molecule has 0 radical (unpaired) electrons. The number of ether oxygens (including phenoxy) is 1. The minimum atomic E-state index is -0.726. The van der Waals surface area contributed by atoms with E-state index >= 15 is 0 Å². The van der Waals surface area contributed by atoms with Crippen molar-refractivity contribution in [3.05, 3.63) is 63.7 Å². The van der Waals surface area contributed by atoms with Crippen LogP contribution in [0.5, 0.6) is 5.75 Å². The van der Waals surface area contributed by atoms with Crippen molar-refractivity contribution in [3.8, 4) is 5.75 Å². The summed E-state index contributed by atoms with van der Waals surface area (Å²) in [5.41, 5.74) is -0.0897. The van der Waals surface area contributed by atoms with Crippen LogP contribution in [0, 0.1) is 21.7 Å². The summed E-state index contributed by atoms with van der Waals surface area (Å²) in [6, 6.07) is 6.64. The van der Waals surface area contributed by atoms with E-state index in [4.69, 9.17) is 4.74 Å². The molecule has 0 spiro atoms. The lowest BCUT2D eigenvalue weighted by Crippen LogP contribution is -2.30. The van der Waals surface area contributed by atoms with Crippen LogP contribution in [0.25, 0.3) is 0 Å². The molecule has 0 saturated heterocycles. The average Bonchev–Trinajstić information content (AvgIpc) is 2.59. The molecular formula is C17H17F2N3O4. The highest BCUT2D eigenvalue weighted by Crippen LogP contribution is 2.28. The summed E-state index contributed by atoms with van der Waals surface area (Å²) in [6.45, 7) is 1.39. The maximum absolute atomic E-state index is 13.7. The number of nitro benzene ring substituents is 1. The number of nitrogens with one attached hydrogen (secondary N) is 2. The summed E-state index contributed by atoms with van der Waals surface area (Å²) in [7, 11) is 1.37. The zero-order valence-electron chi connectivity index (χ0n) is 14.1. The number of nitro groups is 1. The molecular weight excluding hydrogens is 348 g/mol. The predicted octanol–water partition coefficient (Wildman–Crippen LogP) is 3.17. The molecule has 0 heterocycles. The summed E-state index contributed by atoms with van der Waals surface area (Å²) >= 11 is 0. The molecule has 0 saturated carbocycles. The number of anilines is 1. The maximum Gasteiger partial charge on any atom is 0.296 e. The summed E-state index contributed by atoms with van der Waals surface area (Å²) in [5.74, 6) is -1.68. The molecule has 2 N–H and O–H groups in total. The molecule has 0 aromatic heterocycles. The summed E-state index contributed by atoms with van der Waals surface area (Å²) in [5, 5.41) is 16.3. The van der Waals surface area contributed by atoms with Crippen molar-refractivity contribution in [1.29, 1.82) is 0 Å². The van der Waals surface area contributed by atoms with Crippen LogP contribution in [0.1, 0.15) is 18.5 Å². The number of halogens is 2. The standard InChI is InChI=1S/C17H17F2N3O4/c1-10(13-5-3-11(18)7-14(13)19)20-9-17(23)21-15-6-4-12(26-2)8-16(15)22(24)25/h3-8,10,20H,9H2,1-2H3,(H,21,23)/t10-/m1/s1. The third kappa shape index (κ3) is 4.73. The predicted molar refractivity (Wildman–Crippen MR) is 91.1 cm³/mol. The van der Waals surface area contributed by atoms with Gasteiger partial charge in [-0.1, -0.05) is 6.07 Å². The summed E-state index contributed by atoms with van der Waals surface area (Å²) < 4.78 is 31.6. The van der Waals surface area contributed by atoms with Gasteiger partial charge in [-0.2, -0.15) is 0 Å². The van der Waals surface area contributed by atoms with Crippen LogP contribution in [0.4, 0.5) is 20.2 Å². The second kappa shape index (κ2) is 8.34. The Balaban J connectivity index is 2.02. The van der Waals surface area contributed by atoms with Crippen LogP contribution < -0.4 is 15.4 Å². The number of hydrogen-bond acceptors (Lipinski definition) is 5. The van der Waals surface area contributed by atoms with Gasteiger partial charge in [-0.3, -0.25) is 14.9 Å². The van der Waals surface area contributed by atoms with E-state index in [0.717, 1.165) is 12.1 Å². The molecule has 0 aliphatic rings. The van der Waals surface area contributed by atoms with Gasteiger partial charge in [-0.25, -0.2) is 8.78 Å². The monoisotopic (exact) mass is 365 g/mol. The number of benzene rings is 2. The van der Waals surface area contributed by atoms with E-state index in [1.807, 2.05) is 0 Å². The molecule has 2 aromatic rings. The fourth-order valence-corrected chi connectivity index (χ4v) is 2.30. The van der Waals surface area contributed by atoms with Gasteiger partial charge < -0.3 is 15.4 Å². The molecule has 138 valence electrons. The number of amides is 1. The molecule has 1 amide bonds. The molecule has 0 fully saturated rings. The quantitative estimate of drug-likeness (QED) is 0.581. The van der Waals surface area contributed by atoms with Crippen LogP contribution >= 0.6 is 0 Å². The normalized spacial score (nSPS) is 11.7. The van der Waals surface area contributed by atoms with Crippen molar-refractivity contribution in [3.63, 3.8) is 0 Å². The third-order valence-corrected chi connectivity index (χ3v) is 3.67. The van der Waals surface area contributed by atoms with Gasteiger partial charge in [0.2, 0.25) is 5.91 Å². The van der Waals surface area contributed by atoms with Gasteiger partial charge in [0.1, 0.15) is 23.1 Å². The van der Waals surface area contributed by atoms with Crippen molar-refractivity contribution in [2.75, 3.05) is 19.0 Å².